The Morgan fingerprint density at radius 1 is 1.16 bits per heavy atom. The number of likely N-dealkylation sites (N-methyl/N-ethyl adjacent to an activating group) is 1. The molecule has 1 unspecified atom stereocenters. The van der Waals surface area contributed by atoms with Gasteiger partial charge in [0.25, 0.3) is 0 Å². The third-order valence-electron chi connectivity index (χ3n) is 6.91. The molecule has 2 N–H and O–H groups in total. The highest BCUT2D eigenvalue weighted by molar-refractivity contribution is 8.77. The minimum Gasteiger partial charge on any atom is -0.508 e. The molecule has 0 radical (unpaired) electrons. The predicted molar refractivity (Wildman–Crippen MR) is 134 cm³/mol. The molecule has 1 aromatic rings. The molecule has 0 aromatic heterocycles. The van der Waals surface area contributed by atoms with E-state index in [-0.39, 0.29) is 24.4 Å². The zero-order chi connectivity index (χ0) is 23.0. The third kappa shape index (κ3) is 7.57. The number of carbonyl (C=O) groups excluding carboxylic acids is 1. The number of aromatic hydroxyl groups is 1. The Morgan fingerprint density at radius 2 is 1.88 bits per heavy atom. The number of hydrogen-bond acceptors (Lipinski definition) is 7. The maximum Gasteiger partial charge on any atom is 0.307 e. The SMILES string of the molecule is CN(COC(=O)CCCC[C@]1(C)CCSS1)CC(c1ccc(O)cc1)C1(O)CCCCC1. The molecule has 1 aliphatic heterocycles. The third-order valence-corrected chi connectivity index (χ3v) is 10.3. The van der Waals surface area contributed by atoms with Crippen molar-refractivity contribution >= 4 is 27.6 Å². The molecule has 1 aliphatic carbocycles. The van der Waals surface area contributed by atoms with Crippen molar-refractivity contribution in [1.29, 1.82) is 0 Å². The second-order valence-corrected chi connectivity index (χ2v) is 12.8. The molecular formula is C25H39NO4S2. The standard InChI is InChI=1S/C25H39NO4S2/c1-24(16-17-31-32-24)13-7-4-8-23(28)30-19-26(2)18-22(20-9-11-21(27)12-10-20)25(29)14-5-3-6-15-25/h9-12,22,27,29H,3-8,13-19H2,1-2H3/t22?,24-/m1/s1. The van der Waals surface area contributed by atoms with Crippen LogP contribution in [-0.4, -0.2) is 57.5 Å². The van der Waals surface area contributed by atoms with Gasteiger partial charge in [-0.25, -0.2) is 0 Å². The number of esters is 1. The number of benzene rings is 1. The second-order valence-electron chi connectivity index (χ2n) is 9.80. The Balaban J connectivity index is 1.46. The molecule has 7 heteroatoms. The van der Waals surface area contributed by atoms with Crippen LogP contribution in [0.3, 0.4) is 0 Å². The molecule has 1 aromatic carbocycles. The topological polar surface area (TPSA) is 70.0 Å². The van der Waals surface area contributed by atoms with Gasteiger partial charge >= 0.3 is 5.97 Å². The van der Waals surface area contributed by atoms with Crippen molar-refractivity contribution in [2.45, 2.75) is 87.4 Å². The Kier molecular flexibility index (Phi) is 9.65. The highest BCUT2D eigenvalue weighted by Gasteiger charge is 2.39. The van der Waals surface area contributed by atoms with E-state index in [4.69, 9.17) is 4.74 Å². The largest absolute Gasteiger partial charge is 0.508 e. The summed E-state index contributed by atoms with van der Waals surface area (Å²) >= 11 is 0. The molecular weight excluding hydrogens is 442 g/mol. The van der Waals surface area contributed by atoms with E-state index in [2.05, 4.69) is 6.92 Å². The van der Waals surface area contributed by atoms with Gasteiger partial charge in [-0.05, 0) is 63.8 Å². The number of nitrogens with zero attached hydrogens (tertiary/aromatic N) is 1. The first-order valence-electron chi connectivity index (χ1n) is 12.0. The lowest BCUT2D eigenvalue weighted by molar-refractivity contribution is -0.148. The van der Waals surface area contributed by atoms with Crippen molar-refractivity contribution in [3.63, 3.8) is 0 Å². The molecule has 3 rings (SSSR count). The fourth-order valence-electron chi connectivity index (χ4n) is 4.84. The Bertz CT molecular complexity index is 715. The van der Waals surface area contributed by atoms with Gasteiger partial charge in [-0.1, -0.05) is 59.4 Å². The van der Waals surface area contributed by atoms with E-state index in [1.807, 2.05) is 45.7 Å². The van der Waals surface area contributed by atoms with E-state index in [1.54, 1.807) is 12.1 Å². The van der Waals surface area contributed by atoms with Crippen LogP contribution < -0.4 is 0 Å². The van der Waals surface area contributed by atoms with Crippen LogP contribution in [0.1, 0.15) is 82.6 Å². The van der Waals surface area contributed by atoms with Crippen LogP contribution in [0.2, 0.25) is 0 Å². The number of ether oxygens (including phenoxy) is 1. The minimum absolute atomic E-state index is 0.0883. The maximum atomic E-state index is 12.2. The van der Waals surface area contributed by atoms with Crippen molar-refractivity contribution in [3.8, 4) is 5.75 Å². The van der Waals surface area contributed by atoms with Gasteiger partial charge in [0.2, 0.25) is 0 Å². The molecule has 2 atom stereocenters. The van der Waals surface area contributed by atoms with Crippen molar-refractivity contribution in [2.24, 2.45) is 0 Å². The monoisotopic (exact) mass is 481 g/mol. The highest BCUT2D eigenvalue weighted by Crippen LogP contribution is 2.49. The van der Waals surface area contributed by atoms with Crippen LogP contribution in [0.4, 0.5) is 0 Å². The van der Waals surface area contributed by atoms with Crippen LogP contribution in [0.5, 0.6) is 5.75 Å². The van der Waals surface area contributed by atoms with E-state index in [9.17, 15) is 15.0 Å². The van der Waals surface area contributed by atoms with Gasteiger partial charge < -0.3 is 14.9 Å². The molecule has 32 heavy (non-hydrogen) atoms. The van der Waals surface area contributed by atoms with Crippen LogP contribution >= 0.6 is 21.6 Å². The summed E-state index contributed by atoms with van der Waals surface area (Å²) in [6.45, 7) is 3.16. The Labute approximate surface area is 201 Å². The number of phenolic OH excluding ortho intramolecular Hbond substituents is 1. The van der Waals surface area contributed by atoms with Crippen molar-refractivity contribution in [2.75, 3.05) is 26.1 Å². The van der Waals surface area contributed by atoms with Crippen LogP contribution in [-0.2, 0) is 9.53 Å². The van der Waals surface area contributed by atoms with E-state index >= 15 is 0 Å². The van der Waals surface area contributed by atoms with Gasteiger partial charge in [0.15, 0.2) is 0 Å². The predicted octanol–water partition coefficient (Wildman–Crippen LogP) is 5.71. The van der Waals surface area contributed by atoms with Crippen molar-refractivity contribution < 1.29 is 19.7 Å². The van der Waals surface area contributed by atoms with Gasteiger partial charge in [-0.15, -0.1) is 0 Å². The van der Waals surface area contributed by atoms with E-state index < -0.39 is 5.60 Å². The van der Waals surface area contributed by atoms with Crippen LogP contribution in [0.25, 0.3) is 0 Å². The number of hydrogen-bond donors (Lipinski definition) is 2. The zero-order valence-electron chi connectivity index (χ0n) is 19.6. The molecule has 0 amide bonds. The molecule has 2 fully saturated rings. The van der Waals surface area contributed by atoms with E-state index in [0.29, 0.717) is 17.7 Å². The lowest BCUT2D eigenvalue weighted by atomic mass is 9.72. The van der Waals surface area contributed by atoms with Crippen molar-refractivity contribution in [1.82, 2.24) is 4.90 Å². The number of unbranched alkanes of at least 4 members (excludes halogenated alkanes) is 1. The summed E-state index contributed by atoms with van der Waals surface area (Å²) in [5.74, 6) is 1.22. The maximum absolute atomic E-state index is 12.2. The van der Waals surface area contributed by atoms with Gasteiger partial charge in [0.1, 0.15) is 12.5 Å². The van der Waals surface area contributed by atoms with Crippen LogP contribution in [0.15, 0.2) is 24.3 Å². The number of carbonyl (C=O) groups is 1. The lowest BCUT2D eigenvalue weighted by Crippen LogP contribution is -2.44. The average Bonchev–Trinajstić information content (AvgIpc) is 3.21. The Morgan fingerprint density at radius 3 is 2.53 bits per heavy atom. The molecule has 1 saturated carbocycles. The highest BCUT2D eigenvalue weighted by atomic mass is 33.1. The molecule has 0 spiro atoms. The second kappa shape index (κ2) is 12.0. The molecule has 1 heterocycles. The molecule has 0 bridgehead atoms. The normalized spacial score (nSPS) is 23.9. The lowest BCUT2D eigenvalue weighted by Gasteiger charge is -2.41. The summed E-state index contributed by atoms with van der Waals surface area (Å²) in [6.07, 6.45) is 9.59. The fourth-order valence-corrected chi connectivity index (χ4v) is 8.14. The number of aliphatic hydroxyl groups is 1. The summed E-state index contributed by atoms with van der Waals surface area (Å²) in [7, 11) is 5.89. The number of rotatable bonds is 11. The summed E-state index contributed by atoms with van der Waals surface area (Å²) in [4.78, 5) is 14.2. The summed E-state index contributed by atoms with van der Waals surface area (Å²) in [5.41, 5.74) is 0.252. The number of phenols is 1. The van der Waals surface area contributed by atoms with Gasteiger partial charge in [-0.3, -0.25) is 9.69 Å². The Hall–Kier alpha value is -0.890. The molecule has 2 aliphatic rings. The van der Waals surface area contributed by atoms with Gasteiger partial charge in [0, 0.05) is 29.4 Å². The van der Waals surface area contributed by atoms with Gasteiger partial charge in [0.05, 0.1) is 5.60 Å². The van der Waals surface area contributed by atoms with E-state index in [0.717, 1.165) is 56.9 Å². The quantitative estimate of drug-likeness (QED) is 0.182. The van der Waals surface area contributed by atoms with Crippen molar-refractivity contribution in [3.05, 3.63) is 29.8 Å². The first-order valence-corrected chi connectivity index (χ1v) is 14.3. The first-order chi connectivity index (χ1) is 15.3. The minimum atomic E-state index is -0.764. The van der Waals surface area contributed by atoms with Gasteiger partial charge in [-0.2, -0.15) is 0 Å². The smallest absolute Gasteiger partial charge is 0.307 e. The molecule has 5 nitrogen and oxygen atoms in total. The zero-order valence-corrected chi connectivity index (χ0v) is 21.2. The van der Waals surface area contributed by atoms with E-state index in [1.165, 1.54) is 12.2 Å². The first kappa shape index (κ1) is 25.7. The molecule has 180 valence electrons. The van der Waals surface area contributed by atoms with Crippen LogP contribution in [0, 0.1) is 0 Å². The average molecular weight is 482 g/mol. The summed E-state index contributed by atoms with van der Waals surface area (Å²) < 4.78 is 5.91. The molecule has 1 saturated heterocycles. The fraction of sp³-hybridized carbons (Fsp3) is 0.720. The summed E-state index contributed by atoms with van der Waals surface area (Å²) in [5, 5.41) is 21.1. The summed E-state index contributed by atoms with van der Waals surface area (Å²) in [6, 6.07) is 7.15.